The summed E-state index contributed by atoms with van der Waals surface area (Å²) in [6.45, 7) is -0.917. The van der Waals surface area contributed by atoms with Gasteiger partial charge in [-0.1, -0.05) is 6.07 Å². The maximum absolute atomic E-state index is 13.0. The predicted octanol–water partition coefficient (Wildman–Crippen LogP) is -2.47. The SMILES string of the molecule is COc1cc(/C=C/C(=O)O[C@H]2[C@H](O[C@H]3[C@H](Oc4cc5c(cc4O)[N+](=C/C=C4/C=C(C(=O)O)N[C@@H](C(=O)O)C4)[C@H](C(=O)O)C5)O[C@H](CO)[C@@H](O)[C@@H]3O)O[C@H](C(=O)O)[C@@H](O)[C@@H]2O)ccc1O. The number of carboxylic acids is 4. The molecule has 4 aliphatic heterocycles. The van der Waals surface area contributed by atoms with E-state index in [2.05, 4.69) is 5.32 Å². The molecule has 4 aliphatic rings. The van der Waals surface area contributed by atoms with Crippen LogP contribution in [0.4, 0.5) is 5.69 Å². The van der Waals surface area contributed by atoms with Gasteiger partial charge in [0.05, 0.1) is 26.2 Å². The second-order valence-electron chi connectivity index (χ2n) is 14.7. The van der Waals surface area contributed by atoms with E-state index in [1.54, 1.807) is 0 Å². The van der Waals surface area contributed by atoms with Gasteiger partial charge in [-0.25, -0.2) is 24.0 Å². The van der Waals surface area contributed by atoms with E-state index in [-0.39, 0.29) is 41.2 Å². The Kier molecular flexibility index (Phi) is 14.2. The molecule has 0 radical (unpaired) electrons. The number of nitrogens with one attached hydrogen (secondary N) is 1. The van der Waals surface area contributed by atoms with E-state index in [1.165, 1.54) is 60.4 Å². The molecule has 2 saturated heterocycles. The number of hydrogen-bond donors (Lipinski definition) is 12. The van der Waals surface area contributed by atoms with Crippen LogP contribution >= 0.6 is 0 Å². The van der Waals surface area contributed by atoms with Gasteiger partial charge in [0.25, 0.3) is 6.04 Å². The van der Waals surface area contributed by atoms with E-state index in [4.69, 9.17) is 28.4 Å². The first-order chi connectivity index (χ1) is 30.3. The van der Waals surface area contributed by atoms with Gasteiger partial charge in [0, 0.05) is 24.1 Å². The number of carbonyl (C=O) groups is 5. The van der Waals surface area contributed by atoms with Gasteiger partial charge in [-0.05, 0) is 41.5 Å². The molecule has 344 valence electrons. The molecule has 64 heavy (non-hydrogen) atoms. The zero-order valence-electron chi connectivity index (χ0n) is 33.2. The summed E-state index contributed by atoms with van der Waals surface area (Å²) in [5.41, 5.74) is 0.490. The number of aliphatic carboxylic acids is 4. The molecule has 0 aromatic heterocycles. The monoisotopic (exact) mass is 903 g/mol. The van der Waals surface area contributed by atoms with E-state index in [1.807, 2.05) is 0 Å². The van der Waals surface area contributed by atoms with Crippen LogP contribution in [0.1, 0.15) is 17.5 Å². The number of hydrogen-bond acceptors (Lipinski definition) is 19. The van der Waals surface area contributed by atoms with Crippen molar-refractivity contribution < 1.29 is 113 Å². The summed E-state index contributed by atoms with van der Waals surface area (Å²) in [6.07, 6.45) is -15.0. The molecule has 0 unspecified atom stereocenters. The van der Waals surface area contributed by atoms with E-state index in [0.29, 0.717) is 5.56 Å². The summed E-state index contributed by atoms with van der Waals surface area (Å²) in [5, 5.41) is 116. The zero-order valence-corrected chi connectivity index (χ0v) is 33.2. The molecule has 24 nitrogen and oxygen atoms in total. The Balaban J connectivity index is 1.30. The molecule has 24 heteroatoms. The Hall–Kier alpha value is -6.64. The second kappa shape index (κ2) is 19.4. The number of carbonyl (C=O) groups excluding carboxylic acids is 1. The number of methoxy groups -OCH3 is 1. The Bertz CT molecular complexity index is 2290. The van der Waals surface area contributed by atoms with Crippen molar-refractivity contribution in [3.63, 3.8) is 0 Å². The number of fused-ring (bicyclic) bond motifs is 1. The van der Waals surface area contributed by atoms with Crippen LogP contribution in [0, 0.1) is 0 Å². The fourth-order valence-electron chi connectivity index (χ4n) is 7.28. The van der Waals surface area contributed by atoms with Crippen LogP contribution in [0.25, 0.3) is 6.08 Å². The van der Waals surface area contributed by atoms with Crippen molar-refractivity contribution in [2.75, 3.05) is 13.7 Å². The van der Waals surface area contributed by atoms with E-state index >= 15 is 0 Å². The molecule has 0 amide bonds. The third-order valence-corrected chi connectivity index (χ3v) is 10.6. The molecular formula is C40H43N2O22+. The molecule has 0 spiro atoms. The van der Waals surface area contributed by atoms with Gasteiger partial charge in [-0.15, -0.1) is 0 Å². The number of carboxylic acid groups (broad SMARTS) is 4. The number of benzene rings is 2. The van der Waals surface area contributed by atoms with Gasteiger partial charge < -0.3 is 89.9 Å². The molecule has 12 atom stereocenters. The first-order valence-electron chi connectivity index (χ1n) is 19.1. The van der Waals surface area contributed by atoms with E-state index in [9.17, 15) is 80.1 Å². The van der Waals surface area contributed by atoms with E-state index < -0.39 is 127 Å². The number of phenolic OH excluding ortho intramolecular Hbond substituents is 2. The fourth-order valence-corrected chi connectivity index (χ4v) is 7.28. The number of rotatable bonds is 14. The summed E-state index contributed by atoms with van der Waals surface area (Å²) >= 11 is 0. The highest BCUT2D eigenvalue weighted by Crippen LogP contribution is 2.41. The number of nitrogens with zero attached hydrogens (tertiary/aromatic N) is 1. The van der Waals surface area contributed by atoms with Crippen LogP contribution in [-0.4, -0.2) is 184 Å². The highest BCUT2D eigenvalue weighted by molar-refractivity contribution is 5.90. The summed E-state index contributed by atoms with van der Waals surface area (Å²) < 4.78 is 34.4. The minimum atomic E-state index is -2.22. The first-order valence-corrected chi connectivity index (χ1v) is 19.1. The van der Waals surface area contributed by atoms with E-state index in [0.717, 1.165) is 12.1 Å². The minimum Gasteiger partial charge on any atom is -0.504 e. The van der Waals surface area contributed by atoms with Gasteiger partial charge >= 0.3 is 29.8 Å². The Morgan fingerprint density at radius 1 is 0.828 bits per heavy atom. The van der Waals surface area contributed by atoms with Gasteiger partial charge in [-0.2, -0.15) is 4.58 Å². The lowest BCUT2D eigenvalue weighted by Gasteiger charge is -2.46. The molecule has 0 aliphatic carbocycles. The maximum Gasteiger partial charge on any atom is 0.373 e. The largest absolute Gasteiger partial charge is 0.504 e. The van der Waals surface area contributed by atoms with Crippen molar-refractivity contribution in [2.45, 2.75) is 86.3 Å². The van der Waals surface area contributed by atoms with Crippen LogP contribution in [0.5, 0.6) is 23.0 Å². The molecule has 4 heterocycles. The van der Waals surface area contributed by atoms with Crippen LogP contribution in [-0.2, 0) is 49.3 Å². The molecule has 0 bridgehead atoms. The summed E-state index contributed by atoms with van der Waals surface area (Å²) in [5.74, 6) is -8.35. The van der Waals surface area contributed by atoms with Gasteiger partial charge in [-0.3, -0.25) is 0 Å². The zero-order chi connectivity index (χ0) is 46.7. The van der Waals surface area contributed by atoms with Gasteiger partial charge in [0.15, 0.2) is 53.8 Å². The van der Waals surface area contributed by atoms with Crippen molar-refractivity contribution in [1.29, 1.82) is 0 Å². The maximum atomic E-state index is 13.0. The van der Waals surface area contributed by atoms with Crippen LogP contribution in [0.3, 0.4) is 0 Å². The standard InChI is InChI=1S/C40H42N2O22/c1-59-24-10-15(2-4-22(24)44)3-5-27(46)62-33-31(50)30(49)32(38(57)58)63-40(33)64-34-29(48)28(47)26(14-43)61-39(34)60-25-12-17-11-21(37(55)56)42(20(17)13-23(25)45)7-6-16-8-18(35(51)52)41-19(9-16)36(53)54/h2-8,10,12-13,19,21,26,28-34,39-40,43,47-50H,9,11,14H2,1H3,(H6,44,45,46,51,52,53,54,55,56,57,58)/p+1/t19-,21+,26-,28-,29+,30+,31+,32+,33-,34-,39-,40+/m1/s1. The second-order valence-corrected chi connectivity index (χ2v) is 14.7. The number of esters is 1. The van der Waals surface area contributed by atoms with Gasteiger partial charge in [0.2, 0.25) is 12.0 Å². The molecule has 0 saturated carbocycles. The van der Waals surface area contributed by atoms with Crippen molar-refractivity contribution >= 4 is 47.8 Å². The number of aliphatic hydroxyl groups excluding tert-OH is 5. The Labute approximate surface area is 359 Å². The quantitative estimate of drug-likeness (QED) is 0.0531. The highest BCUT2D eigenvalue weighted by Gasteiger charge is 2.54. The third-order valence-electron chi connectivity index (χ3n) is 10.6. The lowest BCUT2D eigenvalue weighted by atomic mass is 9.97. The lowest BCUT2D eigenvalue weighted by molar-refractivity contribution is -0.456. The third kappa shape index (κ3) is 9.93. The average Bonchev–Trinajstić information content (AvgIpc) is 3.61. The number of aromatic hydroxyl groups is 2. The van der Waals surface area contributed by atoms with Crippen LogP contribution < -0.4 is 14.8 Å². The van der Waals surface area contributed by atoms with Crippen LogP contribution in [0.15, 0.2) is 59.8 Å². The molecule has 2 aromatic carbocycles. The first kappa shape index (κ1) is 46.9. The van der Waals surface area contributed by atoms with Crippen molar-refractivity contribution in [3.05, 3.63) is 71.0 Å². The Morgan fingerprint density at radius 2 is 1.55 bits per heavy atom. The molecule has 6 rings (SSSR count). The minimum absolute atomic E-state index is 0.0630. The summed E-state index contributed by atoms with van der Waals surface area (Å²) in [6, 6.07) is 3.72. The molecular weight excluding hydrogens is 860 g/mol. The molecule has 2 aromatic rings. The van der Waals surface area contributed by atoms with Crippen molar-refractivity contribution in [2.24, 2.45) is 0 Å². The summed E-state index contributed by atoms with van der Waals surface area (Å²) in [7, 11) is 1.29. The Morgan fingerprint density at radius 3 is 2.19 bits per heavy atom. The predicted molar refractivity (Wildman–Crippen MR) is 207 cm³/mol. The number of aliphatic hydroxyl groups is 5. The van der Waals surface area contributed by atoms with Gasteiger partial charge in [0.1, 0.15) is 42.3 Å². The summed E-state index contributed by atoms with van der Waals surface area (Å²) in [4.78, 5) is 60.8. The normalized spacial score (nSPS) is 31.4. The number of ether oxygens (including phenoxy) is 6. The van der Waals surface area contributed by atoms with Crippen molar-refractivity contribution in [1.82, 2.24) is 5.32 Å². The van der Waals surface area contributed by atoms with Crippen molar-refractivity contribution in [3.8, 4) is 23.0 Å². The number of phenols is 2. The molecule has 2 fully saturated rings. The average molecular weight is 904 g/mol. The highest BCUT2D eigenvalue weighted by atomic mass is 16.8. The topological polar surface area (TPSA) is 378 Å². The number of allylic oxidation sites excluding steroid dienone is 2. The van der Waals surface area contributed by atoms with Crippen LogP contribution in [0.2, 0.25) is 0 Å². The lowest BCUT2D eigenvalue weighted by Crippen LogP contribution is -2.66. The molecule has 12 N–H and O–H groups in total. The fraction of sp³-hybridized carbons (Fsp3) is 0.400. The smallest absolute Gasteiger partial charge is 0.373 e.